The molecule has 156 valence electrons. The number of halogens is 1. The Hall–Kier alpha value is -3.87. The second kappa shape index (κ2) is 8.87. The molecule has 7 heteroatoms. The van der Waals surface area contributed by atoms with Crippen LogP contribution in [0.2, 0.25) is 0 Å². The first kappa shape index (κ1) is 20.4. The van der Waals surface area contributed by atoms with E-state index in [0.29, 0.717) is 29.1 Å². The topological polar surface area (TPSA) is 72.7 Å². The van der Waals surface area contributed by atoms with Crippen molar-refractivity contribution < 1.29 is 9.18 Å². The summed E-state index contributed by atoms with van der Waals surface area (Å²) in [6.07, 6.45) is 4.23. The smallest absolute Gasteiger partial charge is 0.274 e. The van der Waals surface area contributed by atoms with Gasteiger partial charge in [-0.15, -0.1) is 5.10 Å². The predicted octanol–water partition coefficient (Wildman–Crippen LogP) is 4.27. The summed E-state index contributed by atoms with van der Waals surface area (Å²) in [7, 11) is 0. The van der Waals surface area contributed by atoms with Gasteiger partial charge in [0.2, 0.25) is 0 Å². The minimum absolute atomic E-state index is 0.154. The zero-order valence-corrected chi connectivity index (χ0v) is 17.3. The van der Waals surface area contributed by atoms with Crippen LogP contribution in [0.3, 0.4) is 0 Å². The van der Waals surface area contributed by atoms with E-state index in [2.05, 4.69) is 27.5 Å². The molecule has 0 saturated carbocycles. The Kier molecular flexibility index (Phi) is 5.84. The Morgan fingerprint density at radius 1 is 1.06 bits per heavy atom. The highest BCUT2D eigenvalue weighted by molar-refractivity contribution is 5.98. The lowest BCUT2D eigenvalue weighted by Crippen LogP contribution is -2.24. The molecule has 0 saturated heterocycles. The van der Waals surface area contributed by atoms with Crippen molar-refractivity contribution in [1.29, 1.82) is 0 Å². The first-order chi connectivity index (χ1) is 15.1. The maximum atomic E-state index is 14.2. The van der Waals surface area contributed by atoms with Gasteiger partial charge in [-0.3, -0.25) is 9.78 Å². The number of aryl methyl sites for hydroxylation is 1. The van der Waals surface area contributed by atoms with E-state index in [9.17, 15) is 9.18 Å². The Bertz CT molecular complexity index is 1200. The molecule has 0 aliphatic carbocycles. The molecule has 0 atom stereocenters. The summed E-state index contributed by atoms with van der Waals surface area (Å²) in [5.41, 5.74) is 4.43. The van der Waals surface area contributed by atoms with Crippen LogP contribution in [0.4, 0.5) is 4.39 Å². The van der Waals surface area contributed by atoms with E-state index in [0.717, 1.165) is 12.0 Å². The minimum Gasteiger partial charge on any atom is -0.346 e. The number of nitrogens with zero attached hydrogens (tertiary/aromatic N) is 4. The third-order valence-corrected chi connectivity index (χ3v) is 5.17. The number of rotatable bonds is 6. The van der Waals surface area contributed by atoms with Gasteiger partial charge in [-0.25, -0.2) is 9.07 Å². The molecule has 1 N–H and O–H groups in total. The number of hydrogen-bond acceptors (Lipinski definition) is 4. The van der Waals surface area contributed by atoms with Gasteiger partial charge in [0.05, 0.1) is 5.69 Å². The monoisotopic (exact) mass is 415 g/mol. The van der Waals surface area contributed by atoms with Gasteiger partial charge in [0, 0.05) is 30.1 Å². The summed E-state index contributed by atoms with van der Waals surface area (Å²) in [5, 5.41) is 11.2. The SMILES string of the molecule is CCc1ccc(CNC(=O)c2nnn(-c3cccc(F)c3C)c2-c2cccnc2)cc1. The zero-order chi connectivity index (χ0) is 21.8. The van der Waals surface area contributed by atoms with Crippen LogP contribution in [0.15, 0.2) is 67.0 Å². The average molecular weight is 415 g/mol. The second-order valence-electron chi connectivity index (χ2n) is 7.18. The van der Waals surface area contributed by atoms with Crippen molar-refractivity contribution in [2.45, 2.75) is 26.8 Å². The van der Waals surface area contributed by atoms with Gasteiger partial charge in [-0.05, 0) is 48.7 Å². The van der Waals surface area contributed by atoms with Gasteiger partial charge in [0.1, 0.15) is 11.5 Å². The second-order valence-corrected chi connectivity index (χ2v) is 7.18. The number of aromatic nitrogens is 4. The number of carbonyl (C=O) groups excluding carboxylic acids is 1. The molecule has 0 radical (unpaired) electrons. The molecule has 2 heterocycles. The highest BCUT2D eigenvalue weighted by atomic mass is 19.1. The van der Waals surface area contributed by atoms with Crippen LogP contribution in [-0.4, -0.2) is 25.9 Å². The summed E-state index contributed by atoms with van der Waals surface area (Å²) in [6.45, 7) is 4.13. The van der Waals surface area contributed by atoms with Gasteiger partial charge in [0.15, 0.2) is 5.69 Å². The van der Waals surface area contributed by atoms with Crippen molar-refractivity contribution in [3.8, 4) is 16.9 Å². The average Bonchev–Trinajstić information content (AvgIpc) is 3.25. The predicted molar refractivity (Wildman–Crippen MR) is 116 cm³/mol. The van der Waals surface area contributed by atoms with Crippen molar-refractivity contribution in [1.82, 2.24) is 25.3 Å². The van der Waals surface area contributed by atoms with Crippen LogP contribution in [0, 0.1) is 12.7 Å². The molecule has 6 nitrogen and oxygen atoms in total. The van der Waals surface area contributed by atoms with E-state index in [1.54, 1.807) is 37.5 Å². The van der Waals surface area contributed by atoms with E-state index in [1.165, 1.54) is 16.3 Å². The van der Waals surface area contributed by atoms with Crippen molar-refractivity contribution >= 4 is 5.91 Å². The maximum Gasteiger partial charge on any atom is 0.274 e. The molecule has 2 aromatic heterocycles. The molecule has 0 fully saturated rings. The molecular formula is C24H22FN5O. The number of carbonyl (C=O) groups is 1. The Balaban J connectivity index is 1.69. The maximum absolute atomic E-state index is 14.2. The molecule has 0 aliphatic heterocycles. The lowest BCUT2D eigenvalue weighted by molar-refractivity contribution is 0.0946. The van der Waals surface area contributed by atoms with Crippen LogP contribution < -0.4 is 5.32 Å². The summed E-state index contributed by atoms with van der Waals surface area (Å²) < 4.78 is 15.7. The summed E-state index contributed by atoms with van der Waals surface area (Å²) in [6, 6.07) is 16.4. The normalized spacial score (nSPS) is 10.8. The van der Waals surface area contributed by atoms with Crippen molar-refractivity contribution in [3.05, 3.63) is 95.2 Å². The summed E-state index contributed by atoms with van der Waals surface area (Å²) in [4.78, 5) is 17.2. The third-order valence-electron chi connectivity index (χ3n) is 5.17. The standard InChI is InChI=1S/C24H22FN5O/c1-3-17-9-11-18(12-10-17)14-27-24(31)22-23(19-6-5-13-26-15-19)30(29-28-22)21-8-4-7-20(25)16(21)2/h4-13,15H,3,14H2,1-2H3,(H,27,31). The van der Waals surface area contributed by atoms with E-state index < -0.39 is 0 Å². The molecule has 0 unspecified atom stereocenters. The fourth-order valence-electron chi connectivity index (χ4n) is 3.35. The molecule has 0 aliphatic rings. The van der Waals surface area contributed by atoms with Gasteiger partial charge < -0.3 is 5.32 Å². The number of hydrogen-bond donors (Lipinski definition) is 1. The quantitative estimate of drug-likeness (QED) is 0.510. The van der Waals surface area contributed by atoms with E-state index in [1.807, 2.05) is 30.3 Å². The lowest BCUT2D eigenvalue weighted by Gasteiger charge is -2.11. The van der Waals surface area contributed by atoms with Gasteiger partial charge in [-0.2, -0.15) is 0 Å². The summed E-state index contributed by atoms with van der Waals surface area (Å²) in [5.74, 6) is -0.717. The van der Waals surface area contributed by atoms with E-state index in [-0.39, 0.29) is 17.4 Å². The number of nitrogens with one attached hydrogen (secondary N) is 1. The van der Waals surface area contributed by atoms with Crippen LogP contribution in [0.5, 0.6) is 0 Å². The summed E-state index contributed by atoms with van der Waals surface area (Å²) >= 11 is 0. The lowest BCUT2D eigenvalue weighted by atomic mass is 10.1. The number of amides is 1. The molecule has 0 bridgehead atoms. The van der Waals surface area contributed by atoms with E-state index >= 15 is 0 Å². The molecular weight excluding hydrogens is 393 g/mol. The van der Waals surface area contributed by atoms with Crippen LogP contribution >= 0.6 is 0 Å². The Morgan fingerprint density at radius 3 is 2.55 bits per heavy atom. The molecule has 4 aromatic rings. The largest absolute Gasteiger partial charge is 0.346 e. The number of benzene rings is 2. The Morgan fingerprint density at radius 2 is 1.84 bits per heavy atom. The molecule has 4 rings (SSSR count). The zero-order valence-electron chi connectivity index (χ0n) is 17.3. The van der Waals surface area contributed by atoms with Crippen LogP contribution in [0.25, 0.3) is 16.9 Å². The van der Waals surface area contributed by atoms with Gasteiger partial charge in [-0.1, -0.05) is 42.5 Å². The fourth-order valence-corrected chi connectivity index (χ4v) is 3.35. The highest BCUT2D eigenvalue weighted by Crippen LogP contribution is 2.27. The minimum atomic E-state index is -0.362. The number of pyridine rings is 1. The molecule has 2 aromatic carbocycles. The van der Waals surface area contributed by atoms with Crippen LogP contribution in [0.1, 0.15) is 34.1 Å². The highest BCUT2D eigenvalue weighted by Gasteiger charge is 2.23. The van der Waals surface area contributed by atoms with Gasteiger partial charge >= 0.3 is 0 Å². The van der Waals surface area contributed by atoms with Gasteiger partial charge in [0.25, 0.3) is 5.91 Å². The van der Waals surface area contributed by atoms with Crippen molar-refractivity contribution in [3.63, 3.8) is 0 Å². The van der Waals surface area contributed by atoms with Crippen molar-refractivity contribution in [2.24, 2.45) is 0 Å². The van der Waals surface area contributed by atoms with Crippen molar-refractivity contribution in [2.75, 3.05) is 0 Å². The first-order valence-corrected chi connectivity index (χ1v) is 10.1. The third kappa shape index (κ3) is 4.21. The van der Waals surface area contributed by atoms with E-state index in [4.69, 9.17) is 0 Å². The molecule has 1 amide bonds. The Labute approximate surface area is 179 Å². The molecule has 31 heavy (non-hydrogen) atoms. The van der Waals surface area contributed by atoms with Crippen LogP contribution in [-0.2, 0) is 13.0 Å². The molecule has 0 spiro atoms. The fraction of sp³-hybridized carbons (Fsp3) is 0.167. The first-order valence-electron chi connectivity index (χ1n) is 10.1.